The zero-order valence-electron chi connectivity index (χ0n) is 17.8. The molecule has 32 heavy (non-hydrogen) atoms. The van der Waals surface area contributed by atoms with Gasteiger partial charge in [-0.25, -0.2) is 0 Å². The number of fused-ring (bicyclic) bond motifs is 1. The van der Waals surface area contributed by atoms with Gasteiger partial charge in [0.15, 0.2) is 0 Å². The van der Waals surface area contributed by atoms with Gasteiger partial charge in [0.1, 0.15) is 5.82 Å². The van der Waals surface area contributed by atoms with Crippen molar-refractivity contribution in [3.63, 3.8) is 0 Å². The third-order valence-electron chi connectivity index (χ3n) is 6.01. The van der Waals surface area contributed by atoms with Crippen molar-refractivity contribution < 1.29 is 14.5 Å². The van der Waals surface area contributed by atoms with Crippen LogP contribution in [0.15, 0.2) is 23.0 Å². The maximum Gasteiger partial charge on any atom is 0.269 e. The van der Waals surface area contributed by atoms with Crippen molar-refractivity contribution in [3.8, 4) is 0 Å². The lowest BCUT2D eigenvalue weighted by molar-refractivity contribution is -0.384. The van der Waals surface area contributed by atoms with E-state index >= 15 is 0 Å². The zero-order valence-corrected chi connectivity index (χ0v) is 17.8. The van der Waals surface area contributed by atoms with Gasteiger partial charge in [-0.2, -0.15) is 4.98 Å². The average molecular weight is 440 g/mol. The van der Waals surface area contributed by atoms with Gasteiger partial charge in [0, 0.05) is 36.8 Å². The van der Waals surface area contributed by atoms with Gasteiger partial charge in [0.05, 0.1) is 16.4 Å². The number of rotatable bonds is 4. The van der Waals surface area contributed by atoms with Crippen LogP contribution in [0.2, 0.25) is 0 Å². The lowest BCUT2D eigenvalue weighted by Crippen LogP contribution is -2.42. The first-order valence-corrected chi connectivity index (χ1v) is 10.5. The second-order valence-corrected chi connectivity index (χ2v) is 8.24. The second kappa shape index (κ2) is 8.40. The number of aromatic amines is 1. The lowest BCUT2D eigenvalue weighted by Gasteiger charge is -2.34. The number of nitro benzene ring substituents is 1. The van der Waals surface area contributed by atoms with Gasteiger partial charge in [0.2, 0.25) is 17.8 Å². The fourth-order valence-electron chi connectivity index (χ4n) is 4.25. The Bertz CT molecular complexity index is 1160. The predicted octanol–water partition coefficient (Wildman–Crippen LogP) is 2.43. The molecule has 1 saturated heterocycles. The highest BCUT2D eigenvalue weighted by molar-refractivity contribution is 6.04. The zero-order chi connectivity index (χ0) is 23.0. The Morgan fingerprint density at radius 3 is 2.78 bits per heavy atom. The van der Waals surface area contributed by atoms with Crippen LogP contribution in [-0.2, 0) is 9.59 Å². The van der Waals surface area contributed by atoms with E-state index in [9.17, 15) is 24.5 Å². The van der Waals surface area contributed by atoms with Crippen molar-refractivity contribution >= 4 is 35.0 Å². The number of anilines is 3. The van der Waals surface area contributed by atoms with E-state index in [1.54, 1.807) is 6.92 Å². The maximum absolute atomic E-state index is 13.0. The first kappa shape index (κ1) is 21.5. The van der Waals surface area contributed by atoms with Crippen LogP contribution in [0.1, 0.15) is 49.7 Å². The normalized spacial score (nSPS) is 20.3. The molecule has 1 aromatic heterocycles. The van der Waals surface area contributed by atoms with Crippen LogP contribution in [0, 0.1) is 17.0 Å². The van der Waals surface area contributed by atoms with Crippen LogP contribution in [0.25, 0.3) is 0 Å². The summed E-state index contributed by atoms with van der Waals surface area (Å²) in [5, 5.41) is 16.2. The number of aromatic nitrogens is 2. The third kappa shape index (κ3) is 4.05. The molecule has 0 bridgehead atoms. The molecule has 3 N–H and O–H groups in total. The van der Waals surface area contributed by atoms with E-state index in [2.05, 4.69) is 27.5 Å². The molecule has 11 heteroatoms. The molecule has 168 valence electrons. The number of carbonyl (C=O) groups excluding carboxylic acids is 2. The topological polar surface area (TPSA) is 150 Å². The highest BCUT2D eigenvalue weighted by atomic mass is 16.6. The number of nitrogens with zero attached hydrogens (tertiary/aromatic N) is 3. The number of benzene rings is 1. The van der Waals surface area contributed by atoms with E-state index in [4.69, 9.17) is 0 Å². The van der Waals surface area contributed by atoms with Gasteiger partial charge >= 0.3 is 0 Å². The van der Waals surface area contributed by atoms with Crippen LogP contribution < -0.4 is 21.1 Å². The van der Waals surface area contributed by atoms with Gasteiger partial charge in [0.25, 0.3) is 11.2 Å². The number of H-pyrrole nitrogens is 1. The Hall–Kier alpha value is -3.76. The molecule has 0 aliphatic carbocycles. The van der Waals surface area contributed by atoms with Crippen molar-refractivity contribution in [2.45, 2.75) is 51.5 Å². The molecule has 1 aromatic carbocycles. The summed E-state index contributed by atoms with van der Waals surface area (Å²) in [5.41, 5.74) is 0.409. The van der Waals surface area contributed by atoms with Crippen LogP contribution in [-0.4, -0.2) is 39.3 Å². The number of aryl methyl sites for hydroxylation is 1. The molecule has 3 heterocycles. The number of hydrogen-bond donors (Lipinski definition) is 3. The third-order valence-corrected chi connectivity index (χ3v) is 6.01. The molecular formula is C21H24N6O5. The van der Waals surface area contributed by atoms with E-state index in [1.807, 2.05) is 4.90 Å². The monoisotopic (exact) mass is 440 g/mol. The molecule has 0 saturated carbocycles. The minimum absolute atomic E-state index is 0.0944. The summed E-state index contributed by atoms with van der Waals surface area (Å²) in [6.07, 6.45) is 2.87. The molecule has 1 fully saturated rings. The van der Waals surface area contributed by atoms with Crippen molar-refractivity contribution in [2.24, 2.45) is 0 Å². The average Bonchev–Trinajstić information content (AvgIpc) is 2.74. The van der Waals surface area contributed by atoms with E-state index in [0.29, 0.717) is 17.2 Å². The van der Waals surface area contributed by atoms with Crippen molar-refractivity contribution in [3.05, 3.63) is 49.8 Å². The number of nitrogens with one attached hydrogen (secondary N) is 3. The molecule has 0 spiro atoms. The van der Waals surface area contributed by atoms with E-state index in [-0.39, 0.29) is 29.5 Å². The number of carbonyl (C=O) groups is 2. The van der Waals surface area contributed by atoms with Crippen LogP contribution in [0.5, 0.6) is 0 Å². The van der Waals surface area contributed by atoms with Crippen molar-refractivity contribution in [1.82, 2.24) is 9.97 Å². The highest BCUT2D eigenvalue weighted by Crippen LogP contribution is 2.32. The van der Waals surface area contributed by atoms with E-state index < -0.39 is 28.2 Å². The molecule has 2 unspecified atom stereocenters. The SMILES string of the molecule is Cc1cc([N+](=O)[O-])ccc1NC(=O)C1CC(=O)Nc2nc(N3CCCCC3C)[nH]c(=O)c21. The van der Waals surface area contributed by atoms with Crippen molar-refractivity contribution in [1.29, 1.82) is 0 Å². The second-order valence-electron chi connectivity index (χ2n) is 8.24. The molecular weight excluding hydrogens is 416 g/mol. The molecule has 2 aromatic rings. The highest BCUT2D eigenvalue weighted by Gasteiger charge is 2.35. The molecule has 2 atom stereocenters. The fourth-order valence-corrected chi connectivity index (χ4v) is 4.25. The number of piperidine rings is 1. The Morgan fingerprint density at radius 2 is 2.09 bits per heavy atom. The van der Waals surface area contributed by atoms with E-state index in [0.717, 1.165) is 25.8 Å². The molecule has 0 radical (unpaired) electrons. The molecule has 2 amide bonds. The molecule has 2 aliphatic heterocycles. The smallest absolute Gasteiger partial charge is 0.269 e. The van der Waals surface area contributed by atoms with Gasteiger partial charge in [-0.3, -0.25) is 29.5 Å². The van der Waals surface area contributed by atoms with E-state index in [1.165, 1.54) is 18.2 Å². The number of non-ortho nitro benzene ring substituents is 1. The first-order chi connectivity index (χ1) is 15.2. The summed E-state index contributed by atoms with van der Waals surface area (Å²) in [6, 6.07) is 4.26. The lowest BCUT2D eigenvalue weighted by atomic mass is 9.92. The Labute approximate surface area is 183 Å². The van der Waals surface area contributed by atoms with Gasteiger partial charge in [-0.05, 0) is 44.7 Å². The van der Waals surface area contributed by atoms with Gasteiger partial charge in [-0.1, -0.05) is 0 Å². The van der Waals surface area contributed by atoms with Gasteiger partial charge in [-0.15, -0.1) is 0 Å². The Kier molecular flexibility index (Phi) is 5.64. The first-order valence-electron chi connectivity index (χ1n) is 10.5. The molecule has 2 aliphatic rings. The summed E-state index contributed by atoms with van der Waals surface area (Å²) >= 11 is 0. The van der Waals surface area contributed by atoms with Crippen LogP contribution in [0.4, 0.5) is 23.1 Å². The number of nitro groups is 1. The molecule has 4 rings (SSSR count). The molecule has 11 nitrogen and oxygen atoms in total. The summed E-state index contributed by atoms with van der Waals surface area (Å²) in [4.78, 5) is 58.0. The standard InChI is InChI=1S/C21H24N6O5/c1-11-9-13(27(31)32)6-7-15(11)22-19(29)14-10-16(28)23-18-17(14)20(30)25-21(24-18)26-8-4-3-5-12(26)2/h6-7,9,12,14H,3-5,8,10H2,1-2H3,(H,22,29)(H2,23,24,25,28,30). The largest absolute Gasteiger partial charge is 0.340 e. The Balaban J connectivity index is 1.64. The summed E-state index contributed by atoms with van der Waals surface area (Å²) in [6.45, 7) is 4.44. The minimum atomic E-state index is -1.03. The fraction of sp³-hybridized carbons (Fsp3) is 0.429. The predicted molar refractivity (Wildman–Crippen MR) is 118 cm³/mol. The number of hydrogen-bond acceptors (Lipinski definition) is 7. The number of amides is 2. The summed E-state index contributed by atoms with van der Waals surface area (Å²) < 4.78 is 0. The quantitative estimate of drug-likeness (QED) is 0.488. The Morgan fingerprint density at radius 1 is 1.31 bits per heavy atom. The minimum Gasteiger partial charge on any atom is -0.340 e. The van der Waals surface area contributed by atoms with Crippen LogP contribution >= 0.6 is 0 Å². The summed E-state index contributed by atoms with van der Waals surface area (Å²) in [7, 11) is 0. The maximum atomic E-state index is 13.0. The van der Waals surface area contributed by atoms with Crippen molar-refractivity contribution in [2.75, 3.05) is 22.1 Å². The summed E-state index contributed by atoms with van der Waals surface area (Å²) in [5.74, 6) is -1.51. The van der Waals surface area contributed by atoms with Crippen LogP contribution in [0.3, 0.4) is 0 Å². The van der Waals surface area contributed by atoms with Gasteiger partial charge < -0.3 is 15.5 Å².